The quantitative estimate of drug-likeness (QED) is 0.701. The molecule has 1 fully saturated rings. The molecular formula is C13H17ClO. The van der Waals surface area contributed by atoms with Crippen LogP contribution in [0.2, 0.25) is 0 Å². The summed E-state index contributed by atoms with van der Waals surface area (Å²) >= 11 is 6.16. The number of hydrogen-bond acceptors (Lipinski definition) is 1. The van der Waals surface area contributed by atoms with E-state index in [0.717, 1.165) is 26.1 Å². The van der Waals surface area contributed by atoms with E-state index < -0.39 is 0 Å². The molecule has 1 nitrogen and oxygen atoms in total. The fourth-order valence-corrected chi connectivity index (χ4v) is 2.59. The van der Waals surface area contributed by atoms with Gasteiger partial charge in [0.15, 0.2) is 0 Å². The lowest BCUT2D eigenvalue weighted by Gasteiger charge is -2.36. The van der Waals surface area contributed by atoms with Gasteiger partial charge in [0.05, 0.1) is 0 Å². The summed E-state index contributed by atoms with van der Waals surface area (Å²) in [7, 11) is 0. The Hall–Kier alpha value is -0.530. The molecule has 1 aliphatic heterocycles. The first-order valence-corrected chi connectivity index (χ1v) is 6.01. The van der Waals surface area contributed by atoms with Crippen LogP contribution in [0, 0.1) is 6.92 Å². The van der Waals surface area contributed by atoms with Crippen molar-refractivity contribution >= 4 is 11.6 Å². The van der Waals surface area contributed by atoms with Gasteiger partial charge in [-0.3, -0.25) is 0 Å². The molecule has 0 aromatic heterocycles. The van der Waals surface area contributed by atoms with Crippen molar-refractivity contribution in [2.45, 2.75) is 25.2 Å². The monoisotopic (exact) mass is 224 g/mol. The summed E-state index contributed by atoms with van der Waals surface area (Å²) in [6.45, 7) is 3.78. The average molecular weight is 225 g/mol. The van der Waals surface area contributed by atoms with E-state index in [2.05, 4.69) is 31.2 Å². The lowest BCUT2D eigenvalue weighted by Crippen LogP contribution is -2.35. The summed E-state index contributed by atoms with van der Waals surface area (Å²) in [5.74, 6) is 0.694. The van der Waals surface area contributed by atoms with Crippen LogP contribution in [-0.2, 0) is 10.2 Å². The molecule has 0 saturated carbocycles. The molecule has 1 aliphatic rings. The van der Waals surface area contributed by atoms with E-state index in [1.54, 1.807) is 0 Å². The molecule has 0 N–H and O–H groups in total. The van der Waals surface area contributed by atoms with Crippen molar-refractivity contribution in [3.63, 3.8) is 0 Å². The average Bonchev–Trinajstić information content (AvgIpc) is 2.31. The lowest BCUT2D eigenvalue weighted by molar-refractivity contribution is 0.0575. The van der Waals surface area contributed by atoms with E-state index in [1.807, 2.05) is 0 Å². The summed E-state index contributed by atoms with van der Waals surface area (Å²) in [6.07, 6.45) is 2.08. The first kappa shape index (κ1) is 11.0. The zero-order valence-corrected chi connectivity index (χ0v) is 9.89. The van der Waals surface area contributed by atoms with Gasteiger partial charge in [-0.25, -0.2) is 0 Å². The minimum absolute atomic E-state index is 0.146. The minimum Gasteiger partial charge on any atom is -0.381 e. The number of ether oxygens (including phenoxy) is 1. The third-order valence-electron chi connectivity index (χ3n) is 3.37. The second-order valence-corrected chi connectivity index (χ2v) is 4.66. The second kappa shape index (κ2) is 4.54. The highest BCUT2D eigenvalue weighted by Gasteiger charge is 2.33. The molecule has 0 amide bonds. The van der Waals surface area contributed by atoms with Crippen molar-refractivity contribution in [3.8, 4) is 0 Å². The highest BCUT2D eigenvalue weighted by atomic mass is 35.5. The molecule has 0 spiro atoms. The summed E-state index contributed by atoms with van der Waals surface area (Å²) in [5.41, 5.74) is 2.81. The van der Waals surface area contributed by atoms with Gasteiger partial charge in [-0.05, 0) is 25.3 Å². The smallest absolute Gasteiger partial charge is 0.0474 e. The largest absolute Gasteiger partial charge is 0.381 e. The molecule has 0 aliphatic carbocycles. The normalized spacial score (nSPS) is 20.1. The maximum Gasteiger partial charge on any atom is 0.0474 e. The number of alkyl halides is 1. The molecule has 0 atom stereocenters. The maximum atomic E-state index is 6.16. The number of hydrogen-bond donors (Lipinski definition) is 0. The van der Waals surface area contributed by atoms with Gasteiger partial charge >= 0.3 is 0 Å². The first-order chi connectivity index (χ1) is 7.27. The fraction of sp³-hybridized carbons (Fsp3) is 0.538. The lowest BCUT2D eigenvalue weighted by atomic mass is 9.76. The summed E-state index contributed by atoms with van der Waals surface area (Å²) < 4.78 is 5.41. The molecule has 1 aromatic carbocycles. The predicted octanol–water partition coefficient (Wildman–Crippen LogP) is 3.28. The van der Waals surface area contributed by atoms with Crippen LogP contribution in [0.25, 0.3) is 0 Å². The van der Waals surface area contributed by atoms with Gasteiger partial charge in [-0.15, -0.1) is 11.6 Å². The van der Waals surface area contributed by atoms with E-state index >= 15 is 0 Å². The van der Waals surface area contributed by atoms with Gasteiger partial charge in [-0.2, -0.15) is 0 Å². The molecular weight excluding hydrogens is 208 g/mol. The van der Waals surface area contributed by atoms with Crippen LogP contribution in [-0.4, -0.2) is 19.1 Å². The number of aryl methyl sites for hydroxylation is 1. The van der Waals surface area contributed by atoms with Crippen LogP contribution in [0.5, 0.6) is 0 Å². The molecule has 15 heavy (non-hydrogen) atoms. The Bertz CT molecular complexity index is 312. The molecule has 0 unspecified atom stereocenters. The van der Waals surface area contributed by atoms with Crippen molar-refractivity contribution in [2.24, 2.45) is 0 Å². The van der Waals surface area contributed by atoms with Crippen molar-refractivity contribution < 1.29 is 4.74 Å². The number of rotatable bonds is 2. The fourth-order valence-electron chi connectivity index (χ4n) is 2.17. The third kappa shape index (κ3) is 2.19. The van der Waals surface area contributed by atoms with Crippen molar-refractivity contribution in [1.29, 1.82) is 0 Å². The Morgan fingerprint density at radius 1 is 1.20 bits per heavy atom. The maximum absolute atomic E-state index is 6.16. The van der Waals surface area contributed by atoms with Crippen LogP contribution < -0.4 is 0 Å². The molecule has 2 heteroatoms. The number of benzene rings is 1. The Labute approximate surface area is 96.4 Å². The Kier molecular flexibility index (Phi) is 3.32. The van der Waals surface area contributed by atoms with Gasteiger partial charge in [-0.1, -0.05) is 29.8 Å². The van der Waals surface area contributed by atoms with E-state index in [4.69, 9.17) is 16.3 Å². The molecule has 1 aromatic rings. The van der Waals surface area contributed by atoms with Gasteiger partial charge in [0.2, 0.25) is 0 Å². The van der Waals surface area contributed by atoms with Gasteiger partial charge in [0.1, 0.15) is 0 Å². The van der Waals surface area contributed by atoms with Crippen LogP contribution in [0.1, 0.15) is 24.0 Å². The van der Waals surface area contributed by atoms with Gasteiger partial charge in [0, 0.05) is 24.5 Å². The predicted molar refractivity (Wildman–Crippen MR) is 63.6 cm³/mol. The summed E-state index contributed by atoms with van der Waals surface area (Å²) in [5, 5.41) is 0. The van der Waals surface area contributed by atoms with E-state index in [1.165, 1.54) is 11.1 Å². The standard InChI is InChI=1S/C13H17ClO/c1-11-2-4-12(5-3-11)13(10-14)6-8-15-9-7-13/h2-5H,6-10H2,1H3. The molecule has 0 bridgehead atoms. The van der Waals surface area contributed by atoms with Crippen LogP contribution in [0.4, 0.5) is 0 Å². The second-order valence-electron chi connectivity index (χ2n) is 4.39. The topological polar surface area (TPSA) is 9.23 Å². The first-order valence-electron chi connectivity index (χ1n) is 5.48. The Balaban J connectivity index is 2.28. The van der Waals surface area contributed by atoms with E-state index in [9.17, 15) is 0 Å². The molecule has 2 rings (SSSR count). The molecule has 0 radical (unpaired) electrons. The van der Waals surface area contributed by atoms with E-state index in [-0.39, 0.29) is 5.41 Å². The number of halogens is 1. The molecule has 1 saturated heterocycles. The van der Waals surface area contributed by atoms with Crippen molar-refractivity contribution in [1.82, 2.24) is 0 Å². The Morgan fingerprint density at radius 2 is 1.80 bits per heavy atom. The SMILES string of the molecule is Cc1ccc(C2(CCl)CCOCC2)cc1. The van der Waals surface area contributed by atoms with Crippen LogP contribution in [0.15, 0.2) is 24.3 Å². The summed E-state index contributed by atoms with van der Waals surface area (Å²) in [4.78, 5) is 0. The van der Waals surface area contributed by atoms with Crippen molar-refractivity contribution in [3.05, 3.63) is 35.4 Å². The van der Waals surface area contributed by atoms with Crippen LogP contribution in [0.3, 0.4) is 0 Å². The van der Waals surface area contributed by atoms with Crippen LogP contribution >= 0.6 is 11.6 Å². The summed E-state index contributed by atoms with van der Waals surface area (Å²) in [6, 6.07) is 8.75. The van der Waals surface area contributed by atoms with Gasteiger partial charge in [0.25, 0.3) is 0 Å². The Morgan fingerprint density at radius 3 is 2.33 bits per heavy atom. The third-order valence-corrected chi connectivity index (χ3v) is 3.88. The highest BCUT2D eigenvalue weighted by Crippen LogP contribution is 2.35. The van der Waals surface area contributed by atoms with E-state index in [0.29, 0.717) is 5.88 Å². The van der Waals surface area contributed by atoms with Gasteiger partial charge < -0.3 is 4.74 Å². The highest BCUT2D eigenvalue weighted by molar-refractivity contribution is 6.18. The molecule has 82 valence electrons. The van der Waals surface area contributed by atoms with Crippen molar-refractivity contribution in [2.75, 3.05) is 19.1 Å². The zero-order valence-electron chi connectivity index (χ0n) is 9.13. The molecule has 1 heterocycles. The minimum atomic E-state index is 0.146. The zero-order chi connectivity index (χ0) is 10.7.